The molecule has 1 aromatic rings. The number of unbranched alkanes of at least 4 members (excludes halogenated alkanes) is 1. The molecule has 0 aromatic carbocycles. The lowest BCUT2D eigenvalue weighted by atomic mass is 9.97. The number of amides is 1. The predicted molar refractivity (Wildman–Crippen MR) is 103 cm³/mol. The molecule has 2 aliphatic rings. The first-order valence-corrected chi connectivity index (χ1v) is 10.3. The first kappa shape index (κ1) is 19.3. The number of likely N-dealkylation sites (tertiary alicyclic amines) is 1. The molecular weight excluding hydrogens is 326 g/mol. The first-order valence-electron chi connectivity index (χ1n) is 10.3. The molecule has 2 fully saturated rings. The second kappa shape index (κ2) is 10.0. The minimum Gasteiger partial charge on any atom is -0.381 e. The molecule has 0 N–H and O–H groups in total. The van der Waals surface area contributed by atoms with Crippen LogP contribution in [0.1, 0.15) is 57.4 Å². The van der Waals surface area contributed by atoms with Gasteiger partial charge in [-0.3, -0.25) is 14.7 Å². The Bertz CT molecular complexity index is 537. The van der Waals surface area contributed by atoms with E-state index in [2.05, 4.69) is 27.8 Å². The van der Waals surface area contributed by atoms with Gasteiger partial charge in [0.15, 0.2) is 0 Å². The van der Waals surface area contributed by atoms with Crippen molar-refractivity contribution in [2.45, 2.75) is 70.5 Å². The number of nitrogens with zero attached hydrogens (tertiary/aromatic N) is 3. The van der Waals surface area contributed by atoms with Crippen LogP contribution >= 0.6 is 0 Å². The van der Waals surface area contributed by atoms with Gasteiger partial charge in [0.1, 0.15) is 0 Å². The van der Waals surface area contributed by atoms with Crippen LogP contribution in [0.2, 0.25) is 0 Å². The summed E-state index contributed by atoms with van der Waals surface area (Å²) < 4.78 is 5.58. The molecule has 2 aliphatic heterocycles. The third-order valence-electron chi connectivity index (χ3n) is 5.78. The van der Waals surface area contributed by atoms with E-state index in [0.29, 0.717) is 24.4 Å². The number of pyridine rings is 1. The maximum absolute atomic E-state index is 12.3. The molecule has 26 heavy (non-hydrogen) atoms. The summed E-state index contributed by atoms with van der Waals surface area (Å²) in [6, 6.07) is 5.32. The van der Waals surface area contributed by atoms with E-state index in [-0.39, 0.29) is 0 Å². The lowest BCUT2D eigenvalue weighted by Gasteiger charge is -2.43. The maximum atomic E-state index is 12.3. The predicted octanol–water partition coefficient (Wildman–Crippen LogP) is 3.24. The largest absolute Gasteiger partial charge is 0.381 e. The average Bonchev–Trinajstić information content (AvgIpc) is 2.72. The molecule has 0 bridgehead atoms. The maximum Gasteiger partial charge on any atom is 0.222 e. The second-order valence-electron chi connectivity index (χ2n) is 7.59. The summed E-state index contributed by atoms with van der Waals surface area (Å²) in [5.41, 5.74) is 1.28. The molecule has 0 unspecified atom stereocenters. The summed E-state index contributed by atoms with van der Waals surface area (Å²) in [4.78, 5) is 21.4. The highest BCUT2D eigenvalue weighted by Crippen LogP contribution is 2.26. The smallest absolute Gasteiger partial charge is 0.222 e. The van der Waals surface area contributed by atoms with Crippen LogP contribution in [0.15, 0.2) is 24.5 Å². The Labute approximate surface area is 157 Å². The Hall–Kier alpha value is -1.46. The molecule has 5 nitrogen and oxygen atoms in total. The molecule has 0 aliphatic carbocycles. The van der Waals surface area contributed by atoms with Crippen molar-refractivity contribution in [3.05, 3.63) is 30.1 Å². The fraction of sp³-hybridized carbons (Fsp3) is 0.714. The number of hydrogen-bond donors (Lipinski definition) is 0. The van der Waals surface area contributed by atoms with Gasteiger partial charge in [-0.25, -0.2) is 0 Å². The van der Waals surface area contributed by atoms with E-state index in [1.165, 1.54) is 5.56 Å². The molecule has 0 atom stereocenters. The van der Waals surface area contributed by atoms with Crippen LogP contribution in [0.3, 0.4) is 0 Å². The van der Waals surface area contributed by atoms with E-state index in [4.69, 9.17) is 4.74 Å². The Morgan fingerprint density at radius 1 is 1.23 bits per heavy atom. The summed E-state index contributed by atoms with van der Waals surface area (Å²) in [6.45, 7) is 6.63. The molecule has 5 heteroatoms. The quantitative estimate of drug-likeness (QED) is 0.750. The van der Waals surface area contributed by atoms with Gasteiger partial charge in [-0.15, -0.1) is 0 Å². The molecule has 0 radical (unpaired) electrons. The number of ether oxygens (including phenoxy) is 1. The number of aromatic nitrogens is 1. The van der Waals surface area contributed by atoms with E-state index in [0.717, 1.165) is 71.4 Å². The SMILES string of the molecule is CCCCC(=O)N1CCC(N(Cc2cccnc2)C2CCOCC2)CC1. The lowest BCUT2D eigenvalue weighted by Crippen LogP contribution is -2.51. The Morgan fingerprint density at radius 3 is 2.62 bits per heavy atom. The van der Waals surface area contributed by atoms with Gasteiger partial charge >= 0.3 is 0 Å². The standard InChI is InChI=1S/C21H33N3O2/c1-2-3-6-21(25)23-12-7-19(8-13-23)24(20-9-14-26-15-10-20)17-18-5-4-11-22-16-18/h4-5,11,16,19-20H,2-3,6-10,12-15,17H2,1H3. The van der Waals surface area contributed by atoms with E-state index in [1.807, 2.05) is 18.5 Å². The Balaban J connectivity index is 1.61. The molecule has 2 saturated heterocycles. The van der Waals surface area contributed by atoms with Crippen molar-refractivity contribution in [2.24, 2.45) is 0 Å². The molecule has 1 amide bonds. The fourth-order valence-corrected chi connectivity index (χ4v) is 4.21. The van der Waals surface area contributed by atoms with Gasteiger partial charge in [-0.1, -0.05) is 19.4 Å². The molecule has 144 valence electrons. The summed E-state index contributed by atoms with van der Waals surface area (Å²) in [6.07, 6.45) is 11.0. The molecule has 3 rings (SSSR count). The van der Waals surface area contributed by atoms with Crippen molar-refractivity contribution in [2.75, 3.05) is 26.3 Å². The third-order valence-corrected chi connectivity index (χ3v) is 5.78. The van der Waals surface area contributed by atoms with Crippen LogP contribution in [0, 0.1) is 0 Å². The van der Waals surface area contributed by atoms with Gasteiger partial charge in [0.25, 0.3) is 0 Å². The third kappa shape index (κ3) is 5.27. The Morgan fingerprint density at radius 2 is 1.96 bits per heavy atom. The van der Waals surface area contributed by atoms with Gasteiger partial charge in [0, 0.05) is 63.7 Å². The monoisotopic (exact) mass is 359 g/mol. The minimum atomic E-state index is 0.343. The molecule has 0 spiro atoms. The van der Waals surface area contributed by atoms with Crippen molar-refractivity contribution in [1.82, 2.24) is 14.8 Å². The highest BCUT2D eigenvalue weighted by molar-refractivity contribution is 5.76. The van der Waals surface area contributed by atoms with Gasteiger partial charge in [-0.2, -0.15) is 0 Å². The number of rotatable bonds is 7. The molecular formula is C21H33N3O2. The lowest BCUT2D eigenvalue weighted by molar-refractivity contribution is -0.133. The van der Waals surface area contributed by atoms with Crippen LogP contribution in [0.4, 0.5) is 0 Å². The first-order chi connectivity index (χ1) is 12.8. The van der Waals surface area contributed by atoms with Crippen molar-refractivity contribution >= 4 is 5.91 Å². The summed E-state index contributed by atoms with van der Waals surface area (Å²) in [5, 5.41) is 0. The number of hydrogen-bond acceptors (Lipinski definition) is 4. The zero-order valence-corrected chi connectivity index (χ0v) is 16.1. The van der Waals surface area contributed by atoms with E-state index in [1.54, 1.807) is 0 Å². The van der Waals surface area contributed by atoms with E-state index >= 15 is 0 Å². The van der Waals surface area contributed by atoms with Crippen molar-refractivity contribution in [1.29, 1.82) is 0 Å². The molecule has 3 heterocycles. The van der Waals surface area contributed by atoms with Crippen LogP contribution < -0.4 is 0 Å². The number of carbonyl (C=O) groups excluding carboxylic acids is 1. The summed E-state index contributed by atoms with van der Waals surface area (Å²) in [5.74, 6) is 0.343. The van der Waals surface area contributed by atoms with Gasteiger partial charge < -0.3 is 9.64 Å². The minimum absolute atomic E-state index is 0.343. The highest BCUT2D eigenvalue weighted by Gasteiger charge is 2.31. The van der Waals surface area contributed by atoms with Gasteiger partial charge in [0.2, 0.25) is 5.91 Å². The van der Waals surface area contributed by atoms with Crippen molar-refractivity contribution < 1.29 is 9.53 Å². The van der Waals surface area contributed by atoms with Crippen molar-refractivity contribution in [3.63, 3.8) is 0 Å². The van der Waals surface area contributed by atoms with Crippen LogP contribution in [-0.4, -0.2) is 59.1 Å². The van der Waals surface area contributed by atoms with E-state index in [9.17, 15) is 4.79 Å². The topological polar surface area (TPSA) is 45.7 Å². The normalized spacial score (nSPS) is 19.8. The number of carbonyl (C=O) groups is 1. The van der Waals surface area contributed by atoms with Crippen LogP contribution in [-0.2, 0) is 16.1 Å². The zero-order chi connectivity index (χ0) is 18.2. The van der Waals surface area contributed by atoms with Crippen LogP contribution in [0.25, 0.3) is 0 Å². The van der Waals surface area contributed by atoms with Crippen LogP contribution in [0.5, 0.6) is 0 Å². The van der Waals surface area contributed by atoms with E-state index < -0.39 is 0 Å². The fourth-order valence-electron chi connectivity index (χ4n) is 4.21. The van der Waals surface area contributed by atoms with Gasteiger partial charge in [-0.05, 0) is 43.7 Å². The molecule has 0 saturated carbocycles. The van der Waals surface area contributed by atoms with Gasteiger partial charge in [0.05, 0.1) is 0 Å². The highest BCUT2D eigenvalue weighted by atomic mass is 16.5. The van der Waals surface area contributed by atoms with Crippen molar-refractivity contribution in [3.8, 4) is 0 Å². The molecule has 1 aromatic heterocycles. The number of piperidine rings is 1. The average molecular weight is 360 g/mol. The summed E-state index contributed by atoms with van der Waals surface area (Å²) >= 11 is 0. The Kier molecular flexibility index (Phi) is 7.44. The second-order valence-corrected chi connectivity index (χ2v) is 7.59. The zero-order valence-electron chi connectivity index (χ0n) is 16.1. The summed E-state index contributed by atoms with van der Waals surface area (Å²) in [7, 11) is 0.